The van der Waals surface area contributed by atoms with Crippen LogP contribution in [0.1, 0.15) is 28.0 Å². The van der Waals surface area contributed by atoms with Gasteiger partial charge >= 0.3 is 0 Å². The molecule has 2 aliphatic rings. The molecule has 0 radical (unpaired) electrons. The first-order valence-electron chi connectivity index (χ1n) is 11.1. The van der Waals surface area contributed by atoms with Gasteiger partial charge in [-0.3, -0.25) is 19.5 Å². The van der Waals surface area contributed by atoms with Gasteiger partial charge in [-0.25, -0.2) is 0 Å². The van der Waals surface area contributed by atoms with Crippen molar-refractivity contribution in [3.63, 3.8) is 0 Å². The molecule has 2 N–H and O–H groups in total. The standard InChI is InChI=1S/C25H26N4O3/c30-23(16-29-12-14-32-15-13-29)26-17-8-10-18(11-9-17)27-25(31)24-19-4-1-2-6-21(19)28-22-7-3-5-20(22)24/h1-2,4,6,8-11H,3,5,7,12-16H2,(H,26,30)(H,27,31). The average Bonchev–Trinajstić information content (AvgIpc) is 3.27. The Morgan fingerprint density at radius 1 is 0.938 bits per heavy atom. The molecule has 1 saturated heterocycles. The molecule has 2 heterocycles. The van der Waals surface area contributed by atoms with E-state index in [9.17, 15) is 9.59 Å². The summed E-state index contributed by atoms with van der Waals surface area (Å²) in [6.07, 6.45) is 2.82. The number of pyridine rings is 1. The molecule has 7 heteroatoms. The molecule has 0 atom stereocenters. The van der Waals surface area contributed by atoms with Crippen LogP contribution in [0, 0.1) is 0 Å². The van der Waals surface area contributed by atoms with Gasteiger partial charge in [0.25, 0.3) is 5.91 Å². The number of amides is 2. The summed E-state index contributed by atoms with van der Waals surface area (Å²) in [5.41, 5.74) is 5.08. The minimum Gasteiger partial charge on any atom is -0.379 e. The van der Waals surface area contributed by atoms with Crippen LogP contribution in [0.25, 0.3) is 10.9 Å². The lowest BCUT2D eigenvalue weighted by molar-refractivity contribution is -0.118. The molecule has 7 nitrogen and oxygen atoms in total. The maximum Gasteiger partial charge on any atom is 0.256 e. The Morgan fingerprint density at radius 3 is 2.44 bits per heavy atom. The summed E-state index contributed by atoms with van der Waals surface area (Å²) in [5, 5.41) is 6.83. The van der Waals surface area contributed by atoms with Crippen molar-refractivity contribution in [3.05, 3.63) is 65.4 Å². The van der Waals surface area contributed by atoms with E-state index < -0.39 is 0 Å². The van der Waals surface area contributed by atoms with Gasteiger partial charge in [-0.1, -0.05) is 18.2 Å². The Labute approximate surface area is 186 Å². The van der Waals surface area contributed by atoms with Crippen LogP contribution in [0.15, 0.2) is 48.5 Å². The zero-order valence-electron chi connectivity index (χ0n) is 17.9. The summed E-state index contributed by atoms with van der Waals surface area (Å²) in [6, 6.07) is 15.0. The summed E-state index contributed by atoms with van der Waals surface area (Å²) in [7, 11) is 0. The summed E-state index contributed by atoms with van der Waals surface area (Å²) >= 11 is 0. The lowest BCUT2D eigenvalue weighted by Gasteiger charge is -2.25. The van der Waals surface area contributed by atoms with Gasteiger partial charge < -0.3 is 15.4 Å². The maximum atomic E-state index is 13.2. The summed E-state index contributed by atoms with van der Waals surface area (Å²) < 4.78 is 5.31. The number of benzene rings is 2. The highest BCUT2D eigenvalue weighted by Gasteiger charge is 2.23. The van der Waals surface area contributed by atoms with E-state index >= 15 is 0 Å². The highest BCUT2D eigenvalue weighted by atomic mass is 16.5. The number of morpholine rings is 1. The van der Waals surface area contributed by atoms with Crippen LogP contribution >= 0.6 is 0 Å². The number of rotatable bonds is 5. The summed E-state index contributed by atoms with van der Waals surface area (Å²) in [5.74, 6) is -0.173. The highest BCUT2D eigenvalue weighted by Crippen LogP contribution is 2.30. The quantitative estimate of drug-likeness (QED) is 0.649. The van der Waals surface area contributed by atoms with Gasteiger partial charge in [0.15, 0.2) is 0 Å². The second-order valence-corrected chi connectivity index (χ2v) is 8.25. The molecule has 0 bridgehead atoms. The minimum absolute atomic E-state index is 0.0532. The van der Waals surface area contributed by atoms with E-state index in [0.717, 1.165) is 60.1 Å². The van der Waals surface area contributed by atoms with Crippen LogP contribution < -0.4 is 10.6 Å². The fourth-order valence-electron chi connectivity index (χ4n) is 4.46. The van der Waals surface area contributed by atoms with E-state index in [4.69, 9.17) is 9.72 Å². The zero-order valence-corrected chi connectivity index (χ0v) is 17.9. The van der Waals surface area contributed by atoms with Crippen LogP contribution in [0.3, 0.4) is 0 Å². The van der Waals surface area contributed by atoms with E-state index in [1.54, 1.807) is 0 Å². The second-order valence-electron chi connectivity index (χ2n) is 8.25. The molecule has 0 spiro atoms. The van der Waals surface area contributed by atoms with Crippen LogP contribution in [-0.4, -0.2) is 54.5 Å². The molecule has 0 unspecified atom stereocenters. The summed E-state index contributed by atoms with van der Waals surface area (Å²) in [4.78, 5) is 32.4. The van der Waals surface area contributed by atoms with E-state index in [0.29, 0.717) is 31.1 Å². The summed E-state index contributed by atoms with van der Waals surface area (Å²) in [6.45, 7) is 3.22. The molecule has 1 fully saturated rings. The number of carbonyl (C=O) groups is 2. The molecule has 5 rings (SSSR count). The Bertz CT molecular complexity index is 1150. The number of carbonyl (C=O) groups excluding carboxylic acids is 2. The Kier molecular flexibility index (Phi) is 5.83. The molecular formula is C25H26N4O3. The fraction of sp³-hybridized carbons (Fsp3) is 0.320. The van der Waals surface area contributed by atoms with Crippen molar-refractivity contribution in [1.29, 1.82) is 0 Å². The lowest BCUT2D eigenvalue weighted by Crippen LogP contribution is -2.41. The van der Waals surface area contributed by atoms with Gasteiger partial charge in [0, 0.05) is 35.5 Å². The van der Waals surface area contributed by atoms with Gasteiger partial charge in [-0.2, -0.15) is 0 Å². The average molecular weight is 431 g/mol. The Balaban J connectivity index is 1.28. The predicted molar refractivity (Wildman–Crippen MR) is 124 cm³/mol. The minimum atomic E-state index is -0.120. The largest absolute Gasteiger partial charge is 0.379 e. The molecule has 2 amide bonds. The van der Waals surface area contributed by atoms with E-state index in [-0.39, 0.29) is 11.8 Å². The molecule has 0 saturated carbocycles. The zero-order chi connectivity index (χ0) is 21.9. The van der Waals surface area contributed by atoms with Crippen LogP contribution in [0.2, 0.25) is 0 Å². The molecule has 2 aromatic carbocycles. The lowest BCUT2D eigenvalue weighted by atomic mass is 10.0. The number of ether oxygens (including phenoxy) is 1. The number of anilines is 2. The smallest absolute Gasteiger partial charge is 0.256 e. The van der Waals surface area contributed by atoms with Gasteiger partial charge in [0.05, 0.1) is 30.8 Å². The molecule has 1 aliphatic heterocycles. The van der Waals surface area contributed by atoms with Crippen molar-refractivity contribution in [2.45, 2.75) is 19.3 Å². The third kappa shape index (κ3) is 4.35. The SMILES string of the molecule is O=C(CN1CCOCC1)Nc1ccc(NC(=O)c2c3c(nc4ccccc24)CCC3)cc1. The molecular weight excluding hydrogens is 404 g/mol. The van der Waals surface area contributed by atoms with Gasteiger partial charge in [-0.05, 0) is 55.2 Å². The number of nitrogens with zero attached hydrogens (tertiary/aromatic N) is 2. The van der Waals surface area contributed by atoms with Gasteiger partial charge in [0.1, 0.15) is 0 Å². The van der Waals surface area contributed by atoms with Crippen LogP contribution in [0.5, 0.6) is 0 Å². The first-order valence-corrected chi connectivity index (χ1v) is 11.1. The Morgan fingerprint density at radius 2 is 1.66 bits per heavy atom. The number of hydrogen-bond donors (Lipinski definition) is 2. The molecule has 1 aromatic heterocycles. The second kappa shape index (κ2) is 9.06. The number of nitrogens with one attached hydrogen (secondary N) is 2. The third-order valence-electron chi connectivity index (χ3n) is 6.04. The van der Waals surface area contributed by atoms with E-state index in [1.165, 1.54) is 0 Å². The first-order chi connectivity index (χ1) is 15.7. The highest BCUT2D eigenvalue weighted by molar-refractivity contribution is 6.13. The molecule has 1 aliphatic carbocycles. The van der Waals surface area contributed by atoms with Crippen LogP contribution in [-0.2, 0) is 22.4 Å². The number of para-hydroxylation sites is 1. The van der Waals surface area contributed by atoms with Crippen molar-refractivity contribution >= 4 is 34.1 Å². The van der Waals surface area contributed by atoms with E-state index in [2.05, 4.69) is 15.5 Å². The first kappa shape index (κ1) is 20.6. The number of fused-ring (bicyclic) bond motifs is 2. The van der Waals surface area contributed by atoms with Crippen molar-refractivity contribution < 1.29 is 14.3 Å². The van der Waals surface area contributed by atoms with Crippen LogP contribution in [0.4, 0.5) is 11.4 Å². The Hall–Kier alpha value is -3.29. The number of aromatic nitrogens is 1. The maximum absolute atomic E-state index is 13.2. The van der Waals surface area contributed by atoms with Gasteiger partial charge in [0.2, 0.25) is 5.91 Å². The molecule has 164 valence electrons. The van der Waals surface area contributed by atoms with Crippen molar-refractivity contribution in [3.8, 4) is 0 Å². The third-order valence-corrected chi connectivity index (χ3v) is 6.04. The number of aryl methyl sites for hydroxylation is 1. The van der Waals surface area contributed by atoms with Gasteiger partial charge in [-0.15, -0.1) is 0 Å². The normalized spacial score (nSPS) is 16.0. The van der Waals surface area contributed by atoms with Crippen molar-refractivity contribution in [2.24, 2.45) is 0 Å². The van der Waals surface area contributed by atoms with E-state index in [1.807, 2.05) is 48.5 Å². The fourth-order valence-corrected chi connectivity index (χ4v) is 4.46. The predicted octanol–water partition coefficient (Wildman–Crippen LogP) is 3.25. The molecule has 32 heavy (non-hydrogen) atoms. The monoisotopic (exact) mass is 430 g/mol. The van der Waals surface area contributed by atoms with Crippen molar-refractivity contribution in [2.75, 3.05) is 43.5 Å². The number of hydrogen-bond acceptors (Lipinski definition) is 5. The molecule has 3 aromatic rings. The topological polar surface area (TPSA) is 83.6 Å². The van der Waals surface area contributed by atoms with Crippen molar-refractivity contribution in [1.82, 2.24) is 9.88 Å².